The first kappa shape index (κ1) is 21.1. The van der Waals surface area contributed by atoms with Crippen molar-refractivity contribution in [1.29, 1.82) is 0 Å². The van der Waals surface area contributed by atoms with E-state index in [4.69, 9.17) is 0 Å². The van der Waals surface area contributed by atoms with Crippen LogP contribution in [-0.4, -0.2) is 50.5 Å². The maximum atomic E-state index is 13.6. The lowest BCUT2D eigenvalue weighted by Crippen LogP contribution is -2.40. The van der Waals surface area contributed by atoms with Crippen molar-refractivity contribution in [1.82, 2.24) is 24.8 Å². The number of nitrogens with one attached hydrogen (secondary N) is 2. The van der Waals surface area contributed by atoms with E-state index in [-0.39, 0.29) is 23.7 Å². The van der Waals surface area contributed by atoms with Crippen molar-refractivity contribution in [2.45, 2.75) is 70.0 Å². The molecule has 2 saturated heterocycles. The van der Waals surface area contributed by atoms with Crippen molar-refractivity contribution in [2.24, 2.45) is 0 Å². The van der Waals surface area contributed by atoms with Crippen LogP contribution in [0.1, 0.15) is 67.4 Å². The number of likely N-dealkylation sites (tertiary alicyclic amines) is 1. The number of pyridine rings is 1. The van der Waals surface area contributed by atoms with Crippen molar-refractivity contribution in [3.05, 3.63) is 38.2 Å². The molecule has 0 radical (unpaired) electrons. The third-order valence-electron chi connectivity index (χ3n) is 6.45. The first-order chi connectivity index (χ1) is 14.0. The summed E-state index contributed by atoms with van der Waals surface area (Å²) in [5, 5.41) is 3.84. The van der Waals surface area contributed by atoms with E-state index in [0.717, 1.165) is 37.8 Å². The topological polar surface area (TPSA) is 100 Å². The Morgan fingerprint density at radius 2 is 1.93 bits per heavy atom. The maximum absolute atomic E-state index is 13.6. The molecule has 2 N–H and O–H groups in total. The van der Waals surface area contributed by atoms with E-state index in [1.54, 1.807) is 6.07 Å². The Kier molecular flexibility index (Phi) is 5.72. The fourth-order valence-electron chi connectivity index (χ4n) is 4.78. The number of amides is 1. The molecule has 2 bridgehead atoms. The zero-order chi connectivity index (χ0) is 20.1. The fraction of sp³-hybridized carbons (Fsp3) is 0.619. The average molecular weight is 434 g/mol. The van der Waals surface area contributed by atoms with Crippen molar-refractivity contribution < 1.29 is 4.79 Å². The predicted octanol–water partition coefficient (Wildman–Crippen LogP) is 1.76. The summed E-state index contributed by atoms with van der Waals surface area (Å²) in [6.45, 7) is 3.77. The fourth-order valence-corrected chi connectivity index (χ4v) is 4.78. The SMILES string of the molecule is CCCn1c(=O)[nH]c(=O)c2c(C(=O)N3CCC4CCC(C3)N4)cc(C3CC3)nc21.Cl. The molecule has 2 atom stereocenters. The van der Waals surface area contributed by atoms with Crippen LogP contribution in [-0.2, 0) is 6.54 Å². The molecule has 0 spiro atoms. The van der Waals surface area contributed by atoms with Crippen LogP contribution in [0.5, 0.6) is 0 Å². The molecular formula is C21H28ClN5O3. The Morgan fingerprint density at radius 3 is 2.67 bits per heavy atom. The summed E-state index contributed by atoms with van der Waals surface area (Å²) in [4.78, 5) is 47.7. The number of carbonyl (C=O) groups excluding carboxylic acids is 1. The van der Waals surface area contributed by atoms with Crippen molar-refractivity contribution in [3.63, 3.8) is 0 Å². The molecule has 2 aromatic rings. The molecule has 2 aliphatic heterocycles. The highest BCUT2D eigenvalue weighted by Gasteiger charge is 2.34. The van der Waals surface area contributed by atoms with E-state index in [9.17, 15) is 14.4 Å². The molecule has 1 aliphatic carbocycles. The summed E-state index contributed by atoms with van der Waals surface area (Å²) in [7, 11) is 0. The number of halogens is 1. The minimum Gasteiger partial charge on any atom is -0.337 e. The second kappa shape index (κ2) is 8.15. The molecule has 4 heterocycles. The summed E-state index contributed by atoms with van der Waals surface area (Å²) >= 11 is 0. The molecule has 1 saturated carbocycles. The molecule has 30 heavy (non-hydrogen) atoms. The van der Waals surface area contributed by atoms with Crippen LogP contribution < -0.4 is 16.6 Å². The molecule has 3 fully saturated rings. The zero-order valence-electron chi connectivity index (χ0n) is 17.1. The third-order valence-corrected chi connectivity index (χ3v) is 6.45. The minimum absolute atomic E-state index is 0. The number of carbonyl (C=O) groups is 1. The lowest BCUT2D eigenvalue weighted by Gasteiger charge is -2.25. The number of H-pyrrole nitrogens is 1. The molecular weight excluding hydrogens is 406 g/mol. The first-order valence-electron chi connectivity index (χ1n) is 10.8. The van der Waals surface area contributed by atoms with Crippen LogP contribution in [0, 0.1) is 0 Å². The van der Waals surface area contributed by atoms with Crippen LogP contribution in [0.2, 0.25) is 0 Å². The van der Waals surface area contributed by atoms with Gasteiger partial charge in [0.2, 0.25) is 0 Å². The Labute approximate surface area is 180 Å². The van der Waals surface area contributed by atoms with Gasteiger partial charge < -0.3 is 10.2 Å². The molecule has 3 aliphatic rings. The van der Waals surface area contributed by atoms with Gasteiger partial charge in [0, 0.05) is 43.3 Å². The van der Waals surface area contributed by atoms with E-state index in [0.29, 0.717) is 48.8 Å². The lowest BCUT2D eigenvalue weighted by molar-refractivity contribution is 0.0750. The summed E-state index contributed by atoms with van der Waals surface area (Å²) in [6, 6.07) is 2.60. The van der Waals surface area contributed by atoms with E-state index in [1.165, 1.54) is 11.0 Å². The second-order valence-corrected chi connectivity index (χ2v) is 8.66. The summed E-state index contributed by atoms with van der Waals surface area (Å²) in [5.41, 5.74) is 0.582. The molecule has 162 valence electrons. The van der Waals surface area contributed by atoms with Crippen molar-refractivity contribution >= 4 is 29.3 Å². The number of fused-ring (bicyclic) bond motifs is 3. The highest BCUT2D eigenvalue weighted by molar-refractivity contribution is 6.05. The number of nitrogens with zero attached hydrogens (tertiary/aromatic N) is 3. The maximum Gasteiger partial charge on any atom is 0.329 e. The average Bonchev–Trinajstić information content (AvgIpc) is 3.48. The largest absolute Gasteiger partial charge is 0.337 e. The lowest BCUT2D eigenvalue weighted by atomic mass is 10.0. The quantitative estimate of drug-likeness (QED) is 0.765. The Bertz CT molecular complexity index is 1090. The molecule has 8 nitrogen and oxygen atoms in total. The van der Waals surface area contributed by atoms with Gasteiger partial charge in [0.25, 0.3) is 11.5 Å². The number of hydrogen-bond acceptors (Lipinski definition) is 5. The molecule has 5 rings (SSSR count). The molecule has 9 heteroatoms. The number of aromatic nitrogens is 3. The van der Waals surface area contributed by atoms with Gasteiger partial charge in [-0.2, -0.15) is 0 Å². The van der Waals surface area contributed by atoms with Gasteiger partial charge in [0.05, 0.1) is 10.9 Å². The van der Waals surface area contributed by atoms with Crippen LogP contribution in [0.3, 0.4) is 0 Å². The normalized spacial score (nSPS) is 23.3. The van der Waals surface area contributed by atoms with Crippen LogP contribution >= 0.6 is 12.4 Å². The first-order valence-corrected chi connectivity index (χ1v) is 10.8. The minimum atomic E-state index is -0.523. The number of hydrogen-bond donors (Lipinski definition) is 2. The Morgan fingerprint density at radius 1 is 1.17 bits per heavy atom. The highest BCUT2D eigenvalue weighted by Crippen LogP contribution is 2.40. The summed E-state index contributed by atoms with van der Waals surface area (Å²) in [5.74, 6) is 0.193. The van der Waals surface area contributed by atoms with Gasteiger partial charge in [0.15, 0.2) is 5.65 Å². The van der Waals surface area contributed by atoms with E-state index in [2.05, 4.69) is 15.3 Å². The number of aryl methyl sites for hydroxylation is 1. The summed E-state index contributed by atoms with van der Waals surface area (Å²) < 4.78 is 1.51. The summed E-state index contributed by atoms with van der Waals surface area (Å²) in [6.07, 6.45) is 5.97. The van der Waals surface area contributed by atoms with Gasteiger partial charge in [0.1, 0.15) is 0 Å². The van der Waals surface area contributed by atoms with Gasteiger partial charge in [-0.3, -0.25) is 19.1 Å². The predicted molar refractivity (Wildman–Crippen MR) is 117 cm³/mol. The molecule has 0 aromatic carbocycles. The number of aromatic amines is 1. The van der Waals surface area contributed by atoms with Crippen molar-refractivity contribution in [3.8, 4) is 0 Å². The van der Waals surface area contributed by atoms with Crippen LogP contribution in [0.4, 0.5) is 0 Å². The smallest absolute Gasteiger partial charge is 0.329 e. The third kappa shape index (κ3) is 3.67. The second-order valence-electron chi connectivity index (χ2n) is 8.66. The Hall–Kier alpha value is -2.19. The van der Waals surface area contributed by atoms with Gasteiger partial charge in [-0.05, 0) is 44.6 Å². The van der Waals surface area contributed by atoms with Gasteiger partial charge in [-0.1, -0.05) is 6.92 Å². The standard InChI is InChI=1S/C21H27N5O3.ClH/c1-2-8-26-18-17(19(27)24-21(26)29)15(10-16(23-18)12-3-4-12)20(28)25-9-7-13-5-6-14(11-25)22-13;/h10,12-14,22H,2-9,11H2,1H3,(H,24,27,29);1H. The monoisotopic (exact) mass is 433 g/mol. The van der Waals surface area contributed by atoms with Gasteiger partial charge in [-0.25, -0.2) is 9.78 Å². The van der Waals surface area contributed by atoms with Crippen LogP contribution in [0.15, 0.2) is 15.7 Å². The number of rotatable bonds is 4. The molecule has 2 aromatic heterocycles. The van der Waals surface area contributed by atoms with E-state index in [1.807, 2.05) is 11.8 Å². The van der Waals surface area contributed by atoms with Gasteiger partial charge in [-0.15, -0.1) is 12.4 Å². The van der Waals surface area contributed by atoms with Gasteiger partial charge >= 0.3 is 5.69 Å². The van der Waals surface area contributed by atoms with E-state index < -0.39 is 11.2 Å². The highest BCUT2D eigenvalue weighted by atomic mass is 35.5. The van der Waals surface area contributed by atoms with Crippen LogP contribution in [0.25, 0.3) is 11.0 Å². The Balaban J connectivity index is 0.00000218. The zero-order valence-corrected chi connectivity index (χ0v) is 18.0. The van der Waals surface area contributed by atoms with E-state index >= 15 is 0 Å². The molecule has 1 amide bonds. The van der Waals surface area contributed by atoms with Crippen molar-refractivity contribution in [2.75, 3.05) is 13.1 Å². The molecule has 2 unspecified atom stereocenters.